The average molecular weight is 336 g/mol. The molecule has 1 heterocycles. The van der Waals surface area contributed by atoms with Crippen molar-refractivity contribution in [2.75, 3.05) is 19.9 Å². The first kappa shape index (κ1) is 16.4. The van der Waals surface area contributed by atoms with Crippen LogP contribution in [0.1, 0.15) is 15.9 Å². The Morgan fingerprint density at radius 1 is 1.00 bits per heavy atom. The molecule has 0 unspecified atom stereocenters. The second-order valence-electron chi connectivity index (χ2n) is 5.20. The molecule has 0 radical (unpaired) electrons. The third-order valence-corrected chi connectivity index (χ3v) is 3.42. The number of rotatable bonds is 4. The highest BCUT2D eigenvalue weighted by atomic mass is 16.7. The van der Waals surface area contributed by atoms with E-state index >= 15 is 0 Å². The third-order valence-electron chi connectivity index (χ3n) is 3.42. The largest absolute Gasteiger partial charge is 0.454 e. The molecule has 6 nitrogen and oxygen atoms in total. The average Bonchev–Trinajstić information content (AvgIpc) is 3.12. The topological polar surface area (TPSA) is 76.7 Å². The van der Waals surface area contributed by atoms with Gasteiger partial charge in [-0.05, 0) is 30.3 Å². The van der Waals surface area contributed by atoms with E-state index in [2.05, 4.69) is 22.5 Å². The summed E-state index contributed by atoms with van der Waals surface area (Å²) in [6, 6.07) is 14.3. The molecule has 2 aromatic rings. The first-order valence-corrected chi connectivity index (χ1v) is 7.71. The summed E-state index contributed by atoms with van der Waals surface area (Å²) in [5.41, 5.74) is 1.29. The van der Waals surface area contributed by atoms with Gasteiger partial charge in [0.15, 0.2) is 11.5 Å². The number of hydrogen-bond acceptors (Lipinski definition) is 4. The summed E-state index contributed by atoms with van der Waals surface area (Å²) in [4.78, 5) is 23.8. The minimum atomic E-state index is -0.358. The van der Waals surface area contributed by atoms with Crippen molar-refractivity contribution in [3.63, 3.8) is 0 Å². The molecule has 2 amide bonds. The fourth-order valence-corrected chi connectivity index (χ4v) is 2.17. The summed E-state index contributed by atoms with van der Waals surface area (Å²) >= 11 is 0. The second-order valence-corrected chi connectivity index (χ2v) is 5.20. The molecule has 1 aliphatic rings. The highest BCUT2D eigenvalue weighted by molar-refractivity contribution is 5.97. The summed E-state index contributed by atoms with van der Waals surface area (Å²) in [6.45, 7) is 0.237. The van der Waals surface area contributed by atoms with E-state index in [0.29, 0.717) is 17.1 Å². The lowest BCUT2D eigenvalue weighted by Gasteiger charge is -2.05. The van der Waals surface area contributed by atoms with Crippen molar-refractivity contribution in [2.24, 2.45) is 0 Å². The van der Waals surface area contributed by atoms with Crippen molar-refractivity contribution in [1.29, 1.82) is 0 Å². The molecule has 0 aromatic heterocycles. The third kappa shape index (κ3) is 4.52. The maximum Gasteiger partial charge on any atom is 0.251 e. The zero-order valence-corrected chi connectivity index (χ0v) is 13.4. The van der Waals surface area contributed by atoms with E-state index < -0.39 is 0 Å². The Hall–Kier alpha value is -3.46. The number of amides is 2. The summed E-state index contributed by atoms with van der Waals surface area (Å²) < 4.78 is 10.4. The van der Waals surface area contributed by atoms with Crippen LogP contribution >= 0.6 is 0 Å². The molecule has 0 spiro atoms. The lowest BCUT2D eigenvalue weighted by Crippen LogP contribution is -2.37. The van der Waals surface area contributed by atoms with Gasteiger partial charge in [0.25, 0.3) is 5.91 Å². The van der Waals surface area contributed by atoms with Crippen molar-refractivity contribution in [3.8, 4) is 23.3 Å². The van der Waals surface area contributed by atoms with Crippen LogP contribution in [0.3, 0.4) is 0 Å². The molecule has 25 heavy (non-hydrogen) atoms. The van der Waals surface area contributed by atoms with Crippen molar-refractivity contribution < 1.29 is 19.1 Å². The van der Waals surface area contributed by atoms with Gasteiger partial charge < -0.3 is 20.1 Å². The molecule has 0 bridgehead atoms. The zero-order valence-electron chi connectivity index (χ0n) is 13.4. The monoisotopic (exact) mass is 336 g/mol. The molecule has 6 heteroatoms. The lowest BCUT2D eigenvalue weighted by atomic mass is 10.2. The molecule has 1 aliphatic heterocycles. The number of carbonyl (C=O) groups is 2. The molecular weight excluding hydrogens is 320 g/mol. The maximum absolute atomic E-state index is 12.0. The molecule has 2 aromatic carbocycles. The van der Waals surface area contributed by atoms with E-state index in [9.17, 15) is 9.59 Å². The molecule has 0 atom stereocenters. The number of nitrogens with one attached hydrogen (secondary N) is 2. The van der Waals surface area contributed by atoms with Crippen LogP contribution in [-0.4, -0.2) is 31.7 Å². The Labute approximate surface area is 145 Å². The minimum absolute atomic E-state index is 0.125. The number of carbonyl (C=O) groups excluding carboxylic acids is 2. The smallest absolute Gasteiger partial charge is 0.251 e. The molecule has 0 saturated heterocycles. The van der Waals surface area contributed by atoms with Gasteiger partial charge in [0.2, 0.25) is 12.7 Å². The molecule has 3 rings (SSSR count). The second kappa shape index (κ2) is 7.88. The molecule has 2 N–H and O–H groups in total. The van der Waals surface area contributed by atoms with Crippen LogP contribution in [-0.2, 0) is 4.79 Å². The van der Waals surface area contributed by atoms with E-state index in [1.165, 1.54) is 0 Å². The van der Waals surface area contributed by atoms with E-state index in [4.69, 9.17) is 9.47 Å². The summed E-state index contributed by atoms with van der Waals surface area (Å²) in [7, 11) is 0. The predicted molar refractivity (Wildman–Crippen MR) is 91.2 cm³/mol. The molecular formula is C19H16N2O4. The minimum Gasteiger partial charge on any atom is -0.454 e. The van der Waals surface area contributed by atoms with Gasteiger partial charge >= 0.3 is 0 Å². The zero-order chi connectivity index (χ0) is 17.5. The van der Waals surface area contributed by atoms with Gasteiger partial charge in [-0.1, -0.05) is 30.0 Å². The van der Waals surface area contributed by atoms with Gasteiger partial charge in [-0.15, -0.1) is 0 Å². The van der Waals surface area contributed by atoms with E-state index in [0.717, 1.165) is 5.56 Å². The van der Waals surface area contributed by atoms with Crippen molar-refractivity contribution in [2.45, 2.75) is 0 Å². The van der Waals surface area contributed by atoms with Gasteiger partial charge in [0, 0.05) is 11.1 Å². The SMILES string of the molecule is O=C(CNC(=O)c1ccc2c(c1)OCO2)NCC#Cc1ccccc1. The van der Waals surface area contributed by atoms with Gasteiger partial charge in [-0.3, -0.25) is 9.59 Å². The fourth-order valence-electron chi connectivity index (χ4n) is 2.17. The van der Waals surface area contributed by atoms with E-state index in [-0.39, 0.29) is 31.7 Å². The van der Waals surface area contributed by atoms with Crippen LogP contribution in [0, 0.1) is 11.8 Å². The first-order valence-electron chi connectivity index (χ1n) is 7.71. The van der Waals surface area contributed by atoms with Crippen molar-refractivity contribution >= 4 is 11.8 Å². The number of hydrogen-bond donors (Lipinski definition) is 2. The van der Waals surface area contributed by atoms with Crippen LogP contribution in [0.2, 0.25) is 0 Å². The molecule has 0 saturated carbocycles. The Morgan fingerprint density at radius 2 is 1.80 bits per heavy atom. The standard InChI is InChI=1S/C19H16N2O4/c22-18(20-10-4-7-14-5-2-1-3-6-14)12-21-19(23)15-8-9-16-17(11-15)25-13-24-16/h1-3,5-6,8-9,11H,10,12-13H2,(H,20,22)(H,21,23). The Kier molecular flexibility index (Phi) is 5.17. The number of ether oxygens (including phenoxy) is 2. The van der Waals surface area contributed by atoms with Gasteiger partial charge in [-0.2, -0.15) is 0 Å². The maximum atomic E-state index is 12.0. The Bertz CT molecular complexity index is 837. The molecule has 0 fully saturated rings. The van der Waals surface area contributed by atoms with Gasteiger partial charge in [0.1, 0.15) is 0 Å². The normalized spacial score (nSPS) is 11.2. The highest BCUT2D eigenvalue weighted by Crippen LogP contribution is 2.32. The fraction of sp³-hybridized carbons (Fsp3) is 0.158. The van der Waals surface area contributed by atoms with Crippen LogP contribution in [0.15, 0.2) is 48.5 Å². The summed E-state index contributed by atoms with van der Waals surface area (Å²) in [6.07, 6.45) is 0. The first-order chi connectivity index (χ1) is 12.2. The van der Waals surface area contributed by atoms with Crippen LogP contribution in [0.4, 0.5) is 0 Å². The Morgan fingerprint density at radius 3 is 2.64 bits per heavy atom. The molecule has 126 valence electrons. The van der Waals surface area contributed by atoms with Crippen LogP contribution in [0.25, 0.3) is 0 Å². The van der Waals surface area contributed by atoms with E-state index in [1.54, 1.807) is 18.2 Å². The Balaban J connectivity index is 1.43. The van der Waals surface area contributed by atoms with Gasteiger partial charge in [-0.25, -0.2) is 0 Å². The lowest BCUT2D eigenvalue weighted by molar-refractivity contribution is -0.119. The predicted octanol–water partition coefficient (Wildman–Crippen LogP) is 1.31. The van der Waals surface area contributed by atoms with Crippen molar-refractivity contribution in [1.82, 2.24) is 10.6 Å². The molecule has 0 aliphatic carbocycles. The number of fused-ring (bicyclic) bond motifs is 1. The van der Waals surface area contributed by atoms with Crippen LogP contribution in [0.5, 0.6) is 11.5 Å². The number of benzene rings is 2. The highest BCUT2D eigenvalue weighted by Gasteiger charge is 2.16. The summed E-state index contributed by atoms with van der Waals surface area (Å²) in [5.74, 6) is 6.25. The quantitative estimate of drug-likeness (QED) is 0.826. The van der Waals surface area contributed by atoms with E-state index in [1.807, 2.05) is 30.3 Å². The van der Waals surface area contributed by atoms with Crippen molar-refractivity contribution in [3.05, 3.63) is 59.7 Å². The van der Waals surface area contributed by atoms with Crippen LogP contribution < -0.4 is 20.1 Å². The van der Waals surface area contributed by atoms with Gasteiger partial charge in [0.05, 0.1) is 13.1 Å². The summed E-state index contributed by atoms with van der Waals surface area (Å²) in [5, 5.41) is 5.18.